The van der Waals surface area contributed by atoms with Crippen LogP contribution >= 0.6 is 12.6 Å². The fraction of sp³-hybridized carbons (Fsp3) is 0.700. The lowest BCUT2D eigenvalue weighted by atomic mass is 10.2. The lowest BCUT2D eigenvalue weighted by Gasteiger charge is -2.13. The summed E-state index contributed by atoms with van der Waals surface area (Å²) in [6.45, 7) is 7.57. The molecule has 74 valence electrons. The average molecular weight is 198 g/mol. The third-order valence-electron chi connectivity index (χ3n) is 2.08. The molecule has 0 aliphatic carbocycles. The Balaban J connectivity index is 2.70. The van der Waals surface area contributed by atoms with E-state index < -0.39 is 0 Å². The standard InChI is InChI=1S/C10H18N2S/c1-8(2)10-11-4-5-12(10)6-9(3)7-13/h4-5,8-9,13H,6-7H2,1-3H3. The topological polar surface area (TPSA) is 17.8 Å². The molecule has 0 saturated carbocycles. The van der Waals surface area contributed by atoms with Crippen LogP contribution in [-0.4, -0.2) is 15.3 Å². The fourth-order valence-electron chi connectivity index (χ4n) is 1.37. The minimum Gasteiger partial charge on any atom is -0.334 e. The Bertz CT molecular complexity index is 255. The van der Waals surface area contributed by atoms with Gasteiger partial charge in [-0.2, -0.15) is 12.6 Å². The number of aromatic nitrogens is 2. The van der Waals surface area contributed by atoms with E-state index in [-0.39, 0.29) is 0 Å². The third-order valence-corrected chi connectivity index (χ3v) is 2.71. The summed E-state index contributed by atoms with van der Waals surface area (Å²) < 4.78 is 2.23. The van der Waals surface area contributed by atoms with E-state index in [0.29, 0.717) is 11.8 Å². The van der Waals surface area contributed by atoms with Gasteiger partial charge in [0.15, 0.2) is 0 Å². The van der Waals surface area contributed by atoms with Gasteiger partial charge in [0.2, 0.25) is 0 Å². The van der Waals surface area contributed by atoms with E-state index in [4.69, 9.17) is 0 Å². The van der Waals surface area contributed by atoms with Gasteiger partial charge in [-0.1, -0.05) is 20.8 Å². The molecular weight excluding hydrogens is 180 g/mol. The van der Waals surface area contributed by atoms with Crippen molar-refractivity contribution >= 4 is 12.6 Å². The number of hydrogen-bond acceptors (Lipinski definition) is 2. The van der Waals surface area contributed by atoms with Crippen LogP contribution < -0.4 is 0 Å². The summed E-state index contributed by atoms with van der Waals surface area (Å²) >= 11 is 4.28. The van der Waals surface area contributed by atoms with Gasteiger partial charge in [0.25, 0.3) is 0 Å². The van der Waals surface area contributed by atoms with Gasteiger partial charge in [0.1, 0.15) is 5.82 Å². The Kier molecular flexibility index (Phi) is 3.85. The van der Waals surface area contributed by atoms with E-state index in [1.807, 2.05) is 6.20 Å². The largest absolute Gasteiger partial charge is 0.334 e. The molecule has 0 aromatic carbocycles. The van der Waals surface area contributed by atoms with E-state index >= 15 is 0 Å². The van der Waals surface area contributed by atoms with Gasteiger partial charge in [-0.15, -0.1) is 0 Å². The van der Waals surface area contributed by atoms with Crippen LogP contribution in [-0.2, 0) is 6.54 Å². The van der Waals surface area contributed by atoms with Gasteiger partial charge in [-0.3, -0.25) is 0 Å². The quantitative estimate of drug-likeness (QED) is 0.736. The molecular formula is C10H18N2S. The monoisotopic (exact) mass is 198 g/mol. The zero-order chi connectivity index (χ0) is 9.84. The molecule has 0 aliphatic rings. The van der Waals surface area contributed by atoms with E-state index in [1.54, 1.807) is 0 Å². The van der Waals surface area contributed by atoms with Crippen LogP contribution in [0.5, 0.6) is 0 Å². The zero-order valence-electron chi connectivity index (χ0n) is 8.57. The molecule has 1 atom stereocenters. The summed E-state index contributed by atoms with van der Waals surface area (Å²) in [5, 5.41) is 0. The van der Waals surface area contributed by atoms with Gasteiger partial charge >= 0.3 is 0 Å². The summed E-state index contributed by atoms with van der Waals surface area (Å²) in [5.41, 5.74) is 0. The highest BCUT2D eigenvalue weighted by molar-refractivity contribution is 7.80. The zero-order valence-corrected chi connectivity index (χ0v) is 9.46. The molecule has 2 nitrogen and oxygen atoms in total. The maximum Gasteiger partial charge on any atom is 0.111 e. The van der Waals surface area contributed by atoms with Crippen LogP contribution in [0.25, 0.3) is 0 Å². The molecule has 1 unspecified atom stereocenters. The first-order valence-electron chi connectivity index (χ1n) is 4.77. The predicted molar refractivity (Wildman–Crippen MR) is 59.3 cm³/mol. The van der Waals surface area contributed by atoms with Gasteiger partial charge in [-0.05, 0) is 11.7 Å². The Hall–Kier alpha value is -0.440. The molecule has 0 radical (unpaired) electrons. The van der Waals surface area contributed by atoms with Crippen molar-refractivity contribution in [3.05, 3.63) is 18.2 Å². The van der Waals surface area contributed by atoms with Crippen LogP contribution in [0, 0.1) is 5.92 Å². The number of thiol groups is 1. The van der Waals surface area contributed by atoms with E-state index in [2.05, 4.69) is 49.1 Å². The molecule has 1 aromatic heterocycles. The fourth-order valence-corrected chi connectivity index (χ4v) is 1.48. The summed E-state index contributed by atoms with van der Waals surface area (Å²) in [6.07, 6.45) is 3.93. The lowest BCUT2D eigenvalue weighted by Crippen LogP contribution is -2.12. The third kappa shape index (κ3) is 2.76. The number of nitrogens with zero attached hydrogens (tertiary/aromatic N) is 2. The first kappa shape index (κ1) is 10.6. The van der Waals surface area contributed by atoms with Crippen molar-refractivity contribution in [1.29, 1.82) is 0 Å². The smallest absolute Gasteiger partial charge is 0.111 e. The molecule has 1 aromatic rings. The molecule has 1 rings (SSSR count). The second-order valence-corrected chi connectivity index (χ2v) is 4.25. The Morgan fingerprint density at radius 2 is 2.15 bits per heavy atom. The van der Waals surface area contributed by atoms with Crippen molar-refractivity contribution in [2.75, 3.05) is 5.75 Å². The number of hydrogen-bond donors (Lipinski definition) is 1. The van der Waals surface area contributed by atoms with Crippen LogP contribution in [0.3, 0.4) is 0 Å². The summed E-state index contributed by atoms with van der Waals surface area (Å²) in [5.74, 6) is 3.21. The molecule has 0 amide bonds. The van der Waals surface area contributed by atoms with Crippen molar-refractivity contribution < 1.29 is 0 Å². The maximum atomic E-state index is 4.34. The Morgan fingerprint density at radius 3 is 2.69 bits per heavy atom. The van der Waals surface area contributed by atoms with Gasteiger partial charge in [-0.25, -0.2) is 4.98 Å². The van der Waals surface area contributed by atoms with Crippen LogP contribution in [0.2, 0.25) is 0 Å². The van der Waals surface area contributed by atoms with Crippen molar-refractivity contribution in [3.63, 3.8) is 0 Å². The summed E-state index contributed by atoms with van der Waals surface area (Å²) in [7, 11) is 0. The highest BCUT2D eigenvalue weighted by Crippen LogP contribution is 2.13. The van der Waals surface area contributed by atoms with Crippen molar-refractivity contribution in [2.24, 2.45) is 5.92 Å². The molecule has 0 bridgehead atoms. The highest BCUT2D eigenvalue weighted by atomic mass is 32.1. The molecule has 0 fully saturated rings. The van der Waals surface area contributed by atoms with E-state index in [0.717, 1.165) is 12.3 Å². The summed E-state index contributed by atoms with van der Waals surface area (Å²) in [4.78, 5) is 4.34. The normalized spacial score (nSPS) is 13.6. The highest BCUT2D eigenvalue weighted by Gasteiger charge is 2.08. The first-order chi connectivity index (χ1) is 6.15. The maximum absolute atomic E-state index is 4.34. The van der Waals surface area contributed by atoms with E-state index in [1.165, 1.54) is 5.82 Å². The molecule has 0 spiro atoms. The predicted octanol–water partition coefficient (Wildman–Crippen LogP) is 2.57. The minimum absolute atomic E-state index is 0.502. The number of imidazole rings is 1. The SMILES string of the molecule is CC(CS)Cn1ccnc1C(C)C. The van der Waals surface area contributed by atoms with E-state index in [9.17, 15) is 0 Å². The van der Waals surface area contributed by atoms with Gasteiger partial charge < -0.3 is 4.57 Å². The van der Waals surface area contributed by atoms with Crippen molar-refractivity contribution in [2.45, 2.75) is 33.2 Å². The van der Waals surface area contributed by atoms with Gasteiger partial charge in [0.05, 0.1) is 0 Å². The average Bonchev–Trinajstić information content (AvgIpc) is 2.52. The van der Waals surface area contributed by atoms with Crippen LogP contribution in [0.15, 0.2) is 12.4 Å². The van der Waals surface area contributed by atoms with Crippen LogP contribution in [0.4, 0.5) is 0 Å². The minimum atomic E-state index is 0.502. The molecule has 0 aliphatic heterocycles. The molecule has 3 heteroatoms. The van der Waals surface area contributed by atoms with Crippen LogP contribution in [0.1, 0.15) is 32.5 Å². The molecule has 1 heterocycles. The lowest BCUT2D eigenvalue weighted by molar-refractivity contribution is 0.505. The van der Waals surface area contributed by atoms with Crippen molar-refractivity contribution in [3.8, 4) is 0 Å². The second-order valence-electron chi connectivity index (χ2n) is 3.88. The molecule has 13 heavy (non-hydrogen) atoms. The Morgan fingerprint density at radius 1 is 1.46 bits per heavy atom. The first-order valence-corrected chi connectivity index (χ1v) is 5.40. The number of rotatable bonds is 4. The molecule has 0 saturated heterocycles. The summed E-state index contributed by atoms with van der Waals surface area (Å²) in [6, 6.07) is 0. The van der Waals surface area contributed by atoms with Gasteiger partial charge in [0, 0.05) is 24.9 Å². The van der Waals surface area contributed by atoms with Crippen molar-refractivity contribution in [1.82, 2.24) is 9.55 Å². The second kappa shape index (κ2) is 4.70. The Labute approximate surface area is 85.8 Å². The molecule has 0 N–H and O–H groups in total.